The van der Waals surface area contributed by atoms with E-state index in [9.17, 15) is 10.1 Å². The lowest BCUT2D eigenvalue weighted by Crippen LogP contribution is -2.08. The molecule has 0 spiro atoms. The molecule has 0 N–H and O–H groups in total. The van der Waals surface area contributed by atoms with Crippen molar-refractivity contribution >= 4 is 5.95 Å². The Hall–Kier alpha value is -1.53. The first-order chi connectivity index (χ1) is 5.59. The lowest BCUT2D eigenvalue weighted by Gasteiger charge is -1.96. The van der Waals surface area contributed by atoms with Gasteiger partial charge in [0, 0.05) is 5.21 Å². The second kappa shape index (κ2) is 3.24. The SMILES string of the molecule is CC(C)Cn1nnc([N+](=O)[O-])n1. The van der Waals surface area contributed by atoms with Gasteiger partial charge >= 0.3 is 5.95 Å². The van der Waals surface area contributed by atoms with E-state index in [0.29, 0.717) is 12.5 Å². The van der Waals surface area contributed by atoms with Crippen LogP contribution in [0.4, 0.5) is 5.95 Å². The van der Waals surface area contributed by atoms with Gasteiger partial charge in [0.05, 0.1) is 16.7 Å². The van der Waals surface area contributed by atoms with E-state index >= 15 is 0 Å². The van der Waals surface area contributed by atoms with E-state index in [0.717, 1.165) is 0 Å². The zero-order chi connectivity index (χ0) is 9.14. The van der Waals surface area contributed by atoms with Crippen LogP contribution in [0.25, 0.3) is 0 Å². The number of nitro groups is 1. The summed E-state index contributed by atoms with van der Waals surface area (Å²) in [4.78, 5) is 10.7. The molecule has 0 aromatic carbocycles. The van der Waals surface area contributed by atoms with Crippen LogP contribution in [0, 0.1) is 16.0 Å². The van der Waals surface area contributed by atoms with Gasteiger partial charge in [-0.15, -0.1) is 0 Å². The molecule has 0 atom stereocenters. The average molecular weight is 171 g/mol. The van der Waals surface area contributed by atoms with E-state index in [-0.39, 0.29) is 0 Å². The molecule has 0 aliphatic rings. The molecule has 7 nitrogen and oxygen atoms in total. The number of rotatable bonds is 3. The molecule has 0 unspecified atom stereocenters. The van der Waals surface area contributed by atoms with Crippen molar-refractivity contribution < 1.29 is 4.92 Å². The summed E-state index contributed by atoms with van der Waals surface area (Å²) >= 11 is 0. The van der Waals surface area contributed by atoms with E-state index in [1.807, 2.05) is 13.8 Å². The molecule has 0 bridgehead atoms. The zero-order valence-corrected chi connectivity index (χ0v) is 6.84. The Morgan fingerprint density at radius 1 is 1.67 bits per heavy atom. The summed E-state index contributed by atoms with van der Waals surface area (Å²) in [6.07, 6.45) is 0. The molecule has 1 heterocycles. The molecule has 0 amide bonds. The highest BCUT2D eigenvalue weighted by Gasteiger charge is 2.15. The van der Waals surface area contributed by atoms with Gasteiger partial charge in [0.15, 0.2) is 0 Å². The molecular formula is C5H9N5O2. The Bertz CT molecular complexity index is 281. The van der Waals surface area contributed by atoms with Crippen molar-refractivity contribution in [2.45, 2.75) is 20.4 Å². The lowest BCUT2D eigenvalue weighted by molar-refractivity contribution is -0.394. The van der Waals surface area contributed by atoms with E-state index in [1.165, 1.54) is 4.80 Å². The second-order valence-electron chi connectivity index (χ2n) is 2.80. The number of hydrogen-bond donors (Lipinski definition) is 0. The predicted octanol–water partition coefficient (Wildman–Crippen LogP) is 0.237. The van der Waals surface area contributed by atoms with Gasteiger partial charge in [-0.1, -0.05) is 18.6 Å². The van der Waals surface area contributed by atoms with Crippen molar-refractivity contribution in [2.75, 3.05) is 0 Å². The number of tetrazole rings is 1. The largest absolute Gasteiger partial charge is 0.514 e. The van der Waals surface area contributed by atoms with Crippen molar-refractivity contribution in [2.24, 2.45) is 5.92 Å². The summed E-state index contributed by atoms with van der Waals surface area (Å²) in [6, 6.07) is 0. The molecule has 66 valence electrons. The van der Waals surface area contributed by atoms with Gasteiger partial charge in [-0.2, -0.15) is 0 Å². The molecule has 1 rings (SSSR count). The highest BCUT2D eigenvalue weighted by molar-refractivity contribution is 4.92. The minimum Gasteiger partial charge on any atom is -0.390 e. The Labute approximate surface area is 68.5 Å². The van der Waals surface area contributed by atoms with Crippen molar-refractivity contribution in [3.8, 4) is 0 Å². The van der Waals surface area contributed by atoms with Gasteiger partial charge in [-0.25, -0.2) is 0 Å². The monoisotopic (exact) mass is 171 g/mol. The second-order valence-corrected chi connectivity index (χ2v) is 2.80. The van der Waals surface area contributed by atoms with E-state index in [2.05, 4.69) is 15.4 Å². The van der Waals surface area contributed by atoms with Gasteiger partial charge in [0.1, 0.15) is 0 Å². The number of aromatic nitrogens is 4. The molecule has 7 heteroatoms. The number of nitrogens with zero attached hydrogens (tertiary/aromatic N) is 5. The van der Waals surface area contributed by atoms with Gasteiger partial charge in [-0.3, -0.25) is 0 Å². The zero-order valence-electron chi connectivity index (χ0n) is 6.84. The Balaban J connectivity index is 2.71. The topological polar surface area (TPSA) is 86.7 Å². The third-order valence-corrected chi connectivity index (χ3v) is 1.13. The van der Waals surface area contributed by atoms with E-state index in [1.54, 1.807) is 0 Å². The third-order valence-electron chi connectivity index (χ3n) is 1.13. The summed E-state index contributed by atoms with van der Waals surface area (Å²) in [5.41, 5.74) is 0. The first-order valence-electron chi connectivity index (χ1n) is 3.52. The normalized spacial score (nSPS) is 10.6. The van der Waals surface area contributed by atoms with Gasteiger partial charge < -0.3 is 10.1 Å². The first-order valence-corrected chi connectivity index (χ1v) is 3.52. The number of hydrogen-bond acceptors (Lipinski definition) is 5. The fourth-order valence-corrected chi connectivity index (χ4v) is 0.712. The van der Waals surface area contributed by atoms with Gasteiger partial charge in [-0.05, 0) is 10.8 Å². The average Bonchev–Trinajstić information content (AvgIpc) is 2.34. The van der Waals surface area contributed by atoms with Crippen LogP contribution in [0.3, 0.4) is 0 Å². The molecule has 1 aromatic heterocycles. The molecular weight excluding hydrogens is 162 g/mol. The minimum atomic E-state index is -0.663. The summed E-state index contributed by atoms with van der Waals surface area (Å²) in [6.45, 7) is 4.48. The third kappa shape index (κ3) is 1.97. The van der Waals surface area contributed by atoms with E-state index in [4.69, 9.17) is 0 Å². The molecule has 0 saturated carbocycles. The lowest BCUT2D eigenvalue weighted by atomic mass is 10.2. The molecule has 1 aromatic rings. The van der Waals surface area contributed by atoms with Gasteiger partial charge in [0.2, 0.25) is 0 Å². The van der Waals surface area contributed by atoms with Crippen LogP contribution in [0.5, 0.6) is 0 Å². The molecule has 0 fully saturated rings. The quantitative estimate of drug-likeness (QED) is 0.480. The maximum Gasteiger partial charge on any atom is 0.514 e. The highest BCUT2D eigenvalue weighted by Crippen LogP contribution is 1.99. The van der Waals surface area contributed by atoms with Crippen LogP contribution in [-0.4, -0.2) is 25.1 Å². The highest BCUT2D eigenvalue weighted by atomic mass is 16.6. The Kier molecular flexibility index (Phi) is 2.32. The predicted molar refractivity (Wildman–Crippen MR) is 39.3 cm³/mol. The van der Waals surface area contributed by atoms with Crippen LogP contribution in [0.15, 0.2) is 0 Å². The van der Waals surface area contributed by atoms with Crippen LogP contribution in [0.1, 0.15) is 13.8 Å². The van der Waals surface area contributed by atoms with E-state index < -0.39 is 10.9 Å². The summed E-state index contributed by atoms with van der Waals surface area (Å²) in [5.74, 6) is -0.102. The smallest absolute Gasteiger partial charge is 0.390 e. The van der Waals surface area contributed by atoms with Crippen LogP contribution in [-0.2, 0) is 6.54 Å². The fourth-order valence-electron chi connectivity index (χ4n) is 0.712. The van der Waals surface area contributed by atoms with Crippen LogP contribution in [0.2, 0.25) is 0 Å². The molecule has 0 aliphatic carbocycles. The molecule has 0 aliphatic heterocycles. The Morgan fingerprint density at radius 3 is 2.75 bits per heavy atom. The Morgan fingerprint density at radius 2 is 2.33 bits per heavy atom. The molecule has 0 saturated heterocycles. The molecule has 12 heavy (non-hydrogen) atoms. The molecule has 0 radical (unpaired) electrons. The maximum atomic E-state index is 10.1. The maximum absolute atomic E-state index is 10.1. The van der Waals surface area contributed by atoms with Crippen molar-refractivity contribution in [3.63, 3.8) is 0 Å². The van der Waals surface area contributed by atoms with Gasteiger partial charge in [0.25, 0.3) is 0 Å². The summed E-state index contributed by atoms with van der Waals surface area (Å²) < 4.78 is 0. The van der Waals surface area contributed by atoms with Crippen molar-refractivity contribution in [3.05, 3.63) is 10.1 Å². The standard InChI is InChI=1S/C5H9N5O2/c1-4(2)3-9-7-5(6-8-9)10(11)12/h4H,3H2,1-2H3. The van der Waals surface area contributed by atoms with Crippen LogP contribution < -0.4 is 0 Å². The minimum absolute atomic E-state index is 0.346. The van der Waals surface area contributed by atoms with Crippen molar-refractivity contribution in [1.29, 1.82) is 0 Å². The summed E-state index contributed by atoms with van der Waals surface area (Å²) in [5, 5.41) is 20.4. The fraction of sp³-hybridized carbons (Fsp3) is 0.800. The summed E-state index contributed by atoms with van der Waals surface area (Å²) in [7, 11) is 0. The van der Waals surface area contributed by atoms with Crippen LogP contribution >= 0.6 is 0 Å². The first kappa shape index (κ1) is 8.57. The van der Waals surface area contributed by atoms with Crippen molar-refractivity contribution in [1.82, 2.24) is 20.2 Å².